The first-order chi connectivity index (χ1) is 6.33. The number of nitrogens with one attached hydrogen (secondary N) is 1. The van der Waals surface area contributed by atoms with Gasteiger partial charge < -0.3 is 5.32 Å². The van der Waals surface area contributed by atoms with E-state index in [1.54, 1.807) is 0 Å². The Morgan fingerprint density at radius 1 is 1.14 bits per heavy atom. The van der Waals surface area contributed by atoms with Gasteiger partial charge in [-0.25, -0.2) is 0 Å². The zero-order chi connectivity index (χ0) is 10.6. The highest BCUT2D eigenvalue weighted by atomic mass is 15.0. The summed E-state index contributed by atoms with van der Waals surface area (Å²) in [5.74, 6) is 0.916. The lowest BCUT2D eigenvalue weighted by molar-refractivity contribution is 0.0952. The van der Waals surface area contributed by atoms with E-state index in [4.69, 9.17) is 0 Å². The van der Waals surface area contributed by atoms with Crippen molar-refractivity contribution in [1.29, 1.82) is 0 Å². The summed E-state index contributed by atoms with van der Waals surface area (Å²) in [6, 6.07) is 1.49. The van der Waals surface area contributed by atoms with E-state index in [2.05, 4.69) is 39.9 Å². The van der Waals surface area contributed by atoms with Crippen LogP contribution < -0.4 is 5.32 Å². The predicted molar refractivity (Wildman–Crippen MR) is 61.3 cm³/mol. The topological polar surface area (TPSA) is 12.0 Å². The maximum atomic E-state index is 3.82. The van der Waals surface area contributed by atoms with Gasteiger partial charge in [0.25, 0.3) is 0 Å². The van der Waals surface area contributed by atoms with Gasteiger partial charge in [-0.2, -0.15) is 0 Å². The molecule has 0 aromatic rings. The van der Waals surface area contributed by atoms with Gasteiger partial charge >= 0.3 is 0 Å². The van der Waals surface area contributed by atoms with Crippen LogP contribution in [0.5, 0.6) is 0 Å². The molecule has 2 fully saturated rings. The molecule has 0 amide bonds. The Kier molecular flexibility index (Phi) is 2.23. The summed E-state index contributed by atoms with van der Waals surface area (Å²) in [4.78, 5) is 0. The second-order valence-corrected chi connectivity index (χ2v) is 6.83. The lowest BCUT2D eigenvalue weighted by atomic mass is 9.67. The lowest BCUT2D eigenvalue weighted by Crippen LogP contribution is -2.53. The fourth-order valence-corrected chi connectivity index (χ4v) is 2.97. The smallest absolute Gasteiger partial charge is 0.0121 e. The summed E-state index contributed by atoms with van der Waals surface area (Å²) in [5.41, 5.74) is 1.16. The van der Waals surface area contributed by atoms with Crippen LogP contribution in [-0.4, -0.2) is 12.1 Å². The molecule has 0 radical (unpaired) electrons. The first kappa shape index (κ1) is 10.5. The number of hydrogen-bond acceptors (Lipinski definition) is 1. The van der Waals surface area contributed by atoms with Gasteiger partial charge in [-0.1, -0.05) is 27.7 Å². The Morgan fingerprint density at radius 2 is 1.71 bits per heavy atom. The molecule has 1 heteroatoms. The van der Waals surface area contributed by atoms with E-state index in [0.717, 1.165) is 18.0 Å². The molecule has 0 bridgehead atoms. The van der Waals surface area contributed by atoms with E-state index in [1.807, 2.05) is 0 Å². The maximum absolute atomic E-state index is 3.82. The van der Waals surface area contributed by atoms with Crippen LogP contribution >= 0.6 is 0 Å². The Morgan fingerprint density at radius 3 is 2.00 bits per heavy atom. The predicted octanol–water partition coefficient (Wildman–Crippen LogP) is 3.20. The molecule has 0 aliphatic heterocycles. The Labute approximate surface area is 88.7 Å². The molecule has 3 unspecified atom stereocenters. The highest BCUT2D eigenvalue weighted by molar-refractivity contribution is 5.03. The molecule has 2 saturated carbocycles. The third-order valence-corrected chi connectivity index (χ3v) is 4.68. The van der Waals surface area contributed by atoms with Crippen molar-refractivity contribution in [2.75, 3.05) is 0 Å². The second kappa shape index (κ2) is 2.98. The average molecular weight is 195 g/mol. The van der Waals surface area contributed by atoms with Crippen LogP contribution in [0.15, 0.2) is 0 Å². The summed E-state index contributed by atoms with van der Waals surface area (Å²) in [6.07, 6.45) is 4.18. The Bertz CT molecular complexity index is 229. The largest absolute Gasteiger partial charge is 0.311 e. The molecule has 0 saturated heterocycles. The number of rotatable bonds is 3. The second-order valence-electron chi connectivity index (χ2n) is 6.83. The van der Waals surface area contributed by atoms with Crippen molar-refractivity contribution in [1.82, 2.24) is 5.32 Å². The summed E-state index contributed by atoms with van der Waals surface area (Å²) in [7, 11) is 0. The quantitative estimate of drug-likeness (QED) is 0.729. The van der Waals surface area contributed by atoms with E-state index >= 15 is 0 Å². The van der Waals surface area contributed by atoms with Crippen LogP contribution in [0.3, 0.4) is 0 Å². The minimum Gasteiger partial charge on any atom is -0.311 e. The van der Waals surface area contributed by atoms with Crippen LogP contribution in [0.4, 0.5) is 0 Å². The van der Waals surface area contributed by atoms with Crippen LogP contribution in [0.2, 0.25) is 0 Å². The fraction of sp³-hybridized carbons (Fsp3) is 1.00. The van der Waals surface area contributed by atoms with Gasteiger partial charge in [-0.15, -0.1) is 0 Å². The molecule has 1 nitrogen and oxygen atoms in total. The molecule has 0 heterocycles. The molecule has 0 spiro atoms. The highest BCUT2D eigenvalue weighted by Crippen LogP contribution is 2.54. The van der Waals surface area contributed by atoms with Gasteiger partial charge in [-0.05, 0) is 42.9 Å². The summed E-state index contributed by atoms with van der Waals surface area (Å²) < 4.78 is 0. The monoisotopic (exact) mass is 195 g/mol. The highest BCUT2D eigenvalue weighted by Gasteiger charge is 2.50. The van der Waals surface area contributed by atoms with Crippen molar-refractivity contribution in [3.63, 3.8) is 0 Å². The third kappa shape index (κ3) is 1.71. The SMILES string of the molecule is CC(NC1CCC1(C)C)C1CC1(C)C. The van der Waals surface area contributed by atoms with E-state index in [0.29, 0.717) is 10.8 Å². The van der Waals surface area contributed by atoms with Crippen molar-refractivity contribution in [3.8, 4) is 0 Å². The lowest BCUT2D eigenvalue weighted by Gasteiger charge is -2.46. The third-order valence-electron chi connectivity index (χ3n) is 4.68. The number of hydrogen-bond donors (Lipinski definition) is 1. The van der Waals surface area contributed by atoms with Gasteiger partial charge in [0.15, 0.2) is 0 Å². The molecule has 1 N–H and O–H groups in total. The van der Waals surface area contributed by atoms with Gasteiger partial charge in [-0.3, -0.25) is 0 Å². The molecule has 2 aliphatic rings. The zero-order valence-corrected chi connectivity index (χ0v) is 10.4. The summed E-state index contributed by atoms with van der Waals surface area (Å²) in [6.45, 7) is 11.9. The van der Waals surface area contributed by atoms with E-state index in [-0.39, 0.29) is 0 Å². The van der Waals surface area contributed by atoms with Crippen molar-refractivity contribution < 1.29 is 0 Å². The molecule has 2 rings (SSSR count). The molecule has 82 valence electrons. The van der Waals surface area contributed by atoms with Crippen LogP contribution in [-0.2, 0) is 0 Å². The molecule has 3 atom stereocenters. The molecular weight excluding hydrogens is 170 g/mol. The van der Waals surface area contributed by atoms with Crippen LogP contribution in [0, 0.1) is 16.7 Å². The van der Waals surface area contributed by atoms with Crippen molar-refractivity contribution in [3.05, 3.63) is 0 Å². The van der Waals surface area contributed by atoms with E-state index in [9.17, 15) is 0 Å². The van der Waals surface area contributed by atoms with E-state index < -0.39 is 0 Å². The van der Waals surface area contributed by atoms with Gasteiger partial charge in [0, 0.05) is 12.1 Å². The molecule has 0 aromatic heterocycles. The fourth-order valence-electron chi connectivity index (χ4n) is 2.97. The first-order valence-corrected chi connectivity index (χ1v) is 6.09. The maximum Gasteiger partial charge on any atom is 0.0121 e. The minimum atomic E-state index is 0.549. The van der Waals surface area contributed by atoms with Crippen molar-refractivity contribution in [2.24, 2.45) is 16.7 Å². The summed E-state index contributed by atoms with van der Waals surface area (Å²) in [5, 5.41) is 3.82. The minimum absolute atomic E-state index is 0.549. The molecule has 0 aromatic carbocycles. The van der Waals surface area contributed by atoms with Gasteiger partial charge in [0.1, 0.15) is 0 Å². The van der Waals surface area contributed by atoms with Crippen LogP contribution in [0.25, 0.3) is 0 Å². The van der Waals surface area contributed by atoms with Gasteiger partial charge in [0.05, 0.1) is 0 Å². The standard InChI is InChI=1S/C13H25N/c1-9(10-8-13(10,4)5)14-11-6-7-12(11,2)3/h9-11,14H,6-8H2,1-5H3. The van der Waals surface area contributed by atoms with E-state index in [1.165, 1.54) is 19.3 Å². The Balaban J connectivity index is 1.82. The summed E-state index contributed by atoms with van der Waals surface area (Å²) >= 11 is 0. The molecular formula is C13H25N. The first-order valence-electron chi connectivity index (χ1n) is 6.09. The van der Waals surface area contributed by atoms with Gasteiger partial charge in [0.2, 0.25) is 0 Å². The zero-order valence-electron chi connectivity index (χ0n) is 10.4. The molecule has 14 heavy (non-hydrogen) atoms. The average Bonchev–Trinajstić information content (AvgIpc) is 2.69. The Hall–Kier alpha value is -0.0400. The van der Waals surface area contributed by atoms with Crippen molar-refractivity contribution >= 4 is 0 Å². The van der Waals surface area contributed by atoms with Crippen LogP contribution in [0.1, 0.15) is 53.9 Å². The van der Waals surface area contributed by atoms with Crippen molar-refractivity contribution in [2.45, 2.75) is 66.0 Å². The normalized spacial score (nSPS) is 40.1. The molecule has 2 aliphatic carbocycles.